The molecule has 3 rings (SSSR count). The van der Waals surface area contributed by atoms with Crippen molar-refractivity contribution in [1.29, 1.82) is 5.26 Å². The summed E-state index contributed by atoms with van der Waals surface area (Å²) in [6, 6.07) is 18.5. The second-order valence-electron chi connectivity index (χ2n) is 5.58. The van der Waals surface area contributed by atoms with E-state index < -0.39 is 6.10 Å². The molecular weight excluding hydrogens is 288 g/mol. The van der Waals surface area contributed by atoms with Crippen LogP contribution in [0.2, 0.25) is 0 Å². The average molecular weight is 306 g/mol. The Hall–Kier alpha value is -2.80. The summed E-state index contributed by atoms with van der Waals surface area (Å²) < 4.78 is 5.97. The minimum Gasteiger partial charge on any atom is -0.476 e. The second kappa shape index (κ2) is 6.97. The highest BCUT2D eigenvalue weighted by Gasteiger charge is 2.29. The lowest BCUT2D eigenvalue weighted by Gasteiger charge is -2.24. The van der Waals surface area contributed by atoms with Crippen LogP contribution < -0.4 is 4.74 Å². The van der Waals surface area contributed by atoms with Gasteiger partial charge in [0.05, 0.1) is 11.6 Å². The van der Waals surface area contributed by atoms with Crippen molar-refractivity contribution in [2.75, 3.05) is 13.1 Å². The number of carbonyl (C=O) groups is 1. The fraction of sp³-hybridized carbons (Fsp3) is 0.263. The van der Waals surface area contributed by atoms with Gasteiger partial charge in [-0.15, -0.1) is 0 Å². The molecule has 1 amide bonds. The van der Waals surface area contributed by atoms with Crippen LogP contribution in [0.5, 0.6) is 5.75 Å². The number of likely N-dealkylation sites (tertiary alicyclic amines) is 1. The lowest BCUT2D eigenvalue weighted by molar-refractivity contribution is -0.137. The van der Waals surface area contributed by atoms with E-state index in [0.717, 1.165) is 31.5 Å². The predicted molar refractivity (Wildman–Crippen MR) is 86.8 cm³/mol. The van der Waals surface area contributed by atoms with E-state index in [2.05, 4.69) is 6.07 Å². The maximum Gasteiger partial charge on any atom is 0.268 e. The summed E-state index contributed by atoms with van der Waals surface area (Å²) in [4.78, 5) is 14.7. The van der Waals surface area contributed by atoms with E-state index in [1.165, 1.54) is 0 Å². The zero-order valence-corrected chi connectivity index (χ0v) is 12.8. The second-order valence-corrected chi connectivity index (χ2v) is 5.58. The van der Waals surface area contributed by atoms with E-state index in [1.807, 2.05) is 35.2 Å². The van der Waals surface area contributed by atoms with Gasteiger partial charge in [0.2, 0.25) is 6.10 Å². The lowest BCUT2D eigenvalue weighted by atomic mass is 10.1. The molecule has 1 aliphatic heterocycles. The zero-order chi connectivity index (χ0) is 16.1. The van der Waals surface area contributed by atoms with Crippen molar-refractivity contribution >= 4 is 5.91 Å². The minimum absolute atomic E-state index is 0.00180. The minimum atomic E-state index is -0.651. The van der Waals surface area contributed by atoms with Gasteiger partial charge in [0.25, 0.3) is 5.91 Å². The smallest absolute Gasteiger partial charge is 0.268 e. The van der Waals surface area contributed by atoms with Crippen LogP contribution in [0.25, 0.3) is 0 Å². The van der Waals surface area contributed by atoms with Crippen LogP contribution in [-0.2, 0) is 4.79 Å². The van der Waals surface area contributed by atoms with Crippen molar-refractivity contribution in [3.63, 3.8) is 0 Å². The number of rotatable bonds is 4. The third-order valence-corrected chi connectivity index (χ3v) is 3.98. The van der Waals surface area contributed by atoms with E-state index in [1.54, 1.807) is 24.3 Å². The monoisotopic (exact) mass is 306 g/mol. The molecule has 0 radical (unpaired) electrons. The number of benzene rings is 2. The molecule has 1 fully saturated rings. The molecule has 0 spiro atoms. The molecule has 0 saturated carbocycles. The van der Waals surface area contributed by atoms with Crippen molar-refractivity contribution in [1.82, 2.24) is 4.90 Å². The fourth-order valence-electron chi connectivity index (χ4n) is 2.74. The van der Waals surface area contributed by atoms with E-state index in [-0.39, 0.29) is 5.91 Å². The summed E-state index contributed by atoms with van der Waals surface area (Å²) in [7, 11) is 0. The standard InChI is InChI=1S/C19H18N2O2/c20-14-15-8-10-17(11-9-15)23-18(16-6-2-1-3-7-16)19(22)21-12-4-5-13-21/h1-3,6-11,18H,4-5,12-13H2/t18-/m0/s1. The van der Waals surface area contributed by atoms with Gasteiger partial charge in [0, 0.05) is 18.7 Å². The first-order chi connectivity index (χ1) is 11.3. The van der Waals surface area contributed by atoms with Gasteiger partial charge in [-0.3, -0.25) is 4.79 Å². The Morgan fingerprint density at radius 2 is 1.70 bits per heavy atom. The zero-order valence-electron chi connectivity index (χ0n) is 12.8. The summed E-state index contributed by atoms with van der Waals surface area (Å²) in [6.45, 7) is 1.58. The molecule has 2 aromatic carbocycles. The first kappa shape index (κ1) is 15.1. The van der Waals surface area contributed by atoms with E-state index in [4.69, 9.17) is 10.00 Å². The highest BCUT2D eigenvalue weighted by molar-refractivity contribution is 5.83. The maximum absolute atomic E-state index is 12.8. The number of nitrogens with zero attached hydrogens (tertiary/aromatic N) is 2. The van der Waals surface area contributed by atoms with Gasteiger partial charge < -0.3 is 9.64 Å². The molecule has 1 saturated heterocycles. The van der Waals surface area contributed by atoms with Gasteiger partial charge in [-0.1, -0.05) is 30.3 Å². The first-order valence-electron chi connectivity index (χ1n) is 7.78. The van der Waals surface area contributed by atoms with Crippen LogP contribution in [0.3, 0.4) is 0 Å². The Bertz CT molecular complexity index is 698. The van der Waals surface area contributed by atoms with Crippen LogP contribution >= 0.6 is 0 Å². The van der Waals surface area contributed by atoms with Crippen molar-refractivity contribution < 1.29 is 9.53 Å². The molecule has 0 bridgehead atoms. The summed E-state index contributed by atoms with van der Waals surface area (Å²) in [5.74, 6) is 0.587. The maximum atomic E-state index is 12.8. The van der Waals surface area contributed by atoms with Gasteiger partial charge in [-0.25, -0.2) is 0 Å². The van der Waals surface area contributed by atoms with Crippen molar-refractivity contribution in [3.05, 3.63) is 65.7 Å². The summed E-state index contributed by atoms with van der Waals surface area (Å²) >= 11 is 0. The Balaban J connectivity index is 1.85. The van der Waals surface area contributed by atoms with Crippen LogP contribution in [0, 0.1) is 11.3 Å². The summed E-state index contributed by atoms with van der Waals surface area (Å²) in [6.07, 6.45) is 1.44. The van der Waals surface area contributed by atoms with Crippen LogP contribution in [0.15, 0.2) is 54.6 Å². The Morgan fingerprint density at radius 3 is 2.30 bits per heavy atom. The Morgan fingerprint density at radius 1 is 1.04 bits per heavy atom. The topological polar surface area (TPSA) is 53.3 Å². The van der Waals surface area contributed by atoms with Gasteiger partial charge in [-0.05, 0) is 37.1 Å². The van der Waals surface area contributed by atoms with E-state index in [9.17, 15) is 4.79 Å². The van der Waals surface area contributed by atoms with Crippen molar-refractivity contribution in [3.8, 4) is 11.8 Å². The molecule has 23 heavy (non-hydrogen) atoms. The molecule has 1 atom stereocenters. The largest absolute Gasteiger partial charge is 0.476 e. The third-order valence-electron chi connectivity index (χ3n) is 3.98. The average Bonchev–Trinajstić information content (AvgIpc) is 3.15. The molecule has 2 aromatic rings. The number of amides is 1. The van der Waals surface area contributed by atoms with Gasteiger partial charge >= 0.3 is 0 Å². The molecule has 4 nitrogen and oxygen atoms in total. The van der Waals surface area contributed by atoms with E-state index in [0.29, 0.717) is 11.3 Å². The highest BCUT2D eigenvalue weighted by atomic mass is 16.5. The molecule has 1 aliphatic rings. The predicted octanol–water partition coefficient (Wildman–Crippen LogP) is 3.30. The Kier molecular flexibility index (Phi) is 4.58. The van der Waals surface area contributed by atoms with Crippen LogP contribution in [0.4, 0.5) is 0 Å². The van der Waals surface area contributed by atoms with Crippen molar-refractivity contribution in [2.24, 2.45) is 0 Å². The molecule has 0 unspecified atom stereocenters. The molecule has 0 aromatic heterocycles. The summed E-state index contributed by atoms with van der Waals surface area (Å²) in [5, 5.41) is 8.87. The van der Waals surface area contributed by atoms with Gasteiger partial charge in [-0.2, -0.15) is 5.26 Å². The third kappa shape index (κ3) is 3.51. The fourth-order valence-corrected chi connectivity index (χ4v) is 2.74. The molecule has 116 valence electrons. The van der Waals surface area contributed by atoms with Crippen LogP contribution in [-0.4, -0.2) is 23.9 Å². The summed E-state index contributed by atoms with van der Waals surface area (Å²) in [5.41, 5.74) is 1.41. The van der Waals surface area contributed by atoms with Gasteiger partial charge in [0.1, 0.15) is 5.75 Å². The highest BCUT2D eigenvalue weighted by Crippen LogP contribution is 2.25. The van der Waals surface area contributed by atoms with Crippen LogP contribution in [0.1, 0.15) is 30.1 Å². The SMILES string of the molecule is N#Cc1ccc(O[C@H](C(=O)N2CCCC2)c2ccccc2)cc1. The quantitative estimate of drug-likeness (QED) is 0.871. The van der Waals surface area contributed by atoms with Crippen molar-refractivity contribution in [2.45, 2.75) is 18.9 Å². The molecule has 0 N–H and O–H groups in total. The van der Waals surface area contributed by atoms with E-state index >= 15 is 0 Å². The number of ether oxygens (including phenoxy) is 1. The molecule has 1 heterocycles. The molecule has 4 heteroatoms. The Labute approximate surface area is 135 Å². The normalized spacial score (nSPS) is 15.0. The molecular formula is C19H18N2O2. The molecule has 0 aliphatic carbocycles. The lowest BCUT2D eigenvalue weighted by Crippen LogP contribution is -2.35. The number of nitriles is 1. The van der Waals surface area contributed by atoms with Gasteiger partial charge in [0.15, 0.2) is 0 Å². The number of hydrogen-bond acceptors (Lipinski definition) is 3. The number of hydrogen-bond donors (Lipinski definition) is 0. The first-order valence-corrected chi connectivity index (χ1v) is 7.78. The number of carbonyl (C=O) groups excluding carboxylic acids is 1.